The standard InChI is InChI=1S/C15H31O7PSi/c1-14(2,3)24(7,8)22-11(10-13(17)21-6)9-12(16)15(4,5)23(18,19)20/h11H,9-10H2,1-8H3,(H2,18,19,20)/t11-/m1/s1. The third-order valence-corrected chi connectivity index (χ3v) is 11.0. The molecule has 0 saturated heterocycles. The molecule has 0 saturated carbocycles. The van der Waals surface area contributed by atoms with E-state index in [2.05, 4.69) is 4.74 Å². The van der Waals surface area contributed by atoms with Crippen LogP contribution in [0.2, 0.25) is 18.1 Å². The molecule has 0 amide bonds. The molecule has 0 spiro atoms. The topological polar surface area (TPSA) is 110 Å². The smallest absolute Gasteiger partial charge is 0.338 e. The Kier molecular flexibility index (Phi) is 7.61. The molecule has 0 heterocycles. The fourth-order valence-corrected chi connectivity index (χ4v) is 3.41. The van der Waals surface area contributed by atoms with Gasteiger partial charge in [0.25, 0.3) is 0 Å². The van der Waals surface area contributed by atoms with Crippen molar-refractivity contribution in [1.82, 2.24) is 0 Å². The quantitative estimate of drug-likeness (QED) is 0.377. The maximum absolute atomic E-state index is 12.4. The van der Waals surface area contributed by atoms with E-state index in [0.29, 0.717) is 0 Å². The fraction of sp³-hybridized carbons (Fsp3) is 0.867. The van der Waals surface area contributed by atoms with Gasteiger partial charge in [-0.15, -0.1) is 0 Å². The molecule has 1 atom stereocenters. The molecule has 0 aliphatic carbocycles. The number of methoxy groups -OCH3 is 1. The zero-order valence-corrected chi connectivity index (χ0v) is 17.8. The van der Waals surface area contributed by atoms with Crippen molar-refractivity contribution in [3.63, 3.8) is 0 Å². The highest BCUT2D eigenvalue weighted by atomic mass is 31.2. The first kappa shape index (κ1) is 23.5. The molecule has 0 aliphatic rings. The summed E-state index contributed by atoms with van der Waals surface area (Å²) in [7, 11) is -5.65. The predicted octanol–water partition coefficient (Wildman–Crippen LogP) is 2.86. The van der Waals surface area contributed by atoms with Crippen molar-refractivity contribution >= 4 is 27.7 Å². The van der Waals surface area contributed by atoms with Gasteiger partial charge in [-0.05, 0) is 32.0 Å². The number of carbonyl (C=O) groups excluding carboxylic acids is 2. The molecule has 24 heavy (non-hydrogen) atoms. The average Bonchev–Trinajstić information content (AvgIpc) is 2.34. The summed E-state index contributed by atoms with van der Waals surface area (Å²) in [4.78, 5) is 42.8. The van der Waals surface area contributed by atoms with E-state index in [0.717, 1.165) is 0 Å². The van der Waals surface area contributed by atoms with Crippen LogP contribution >= 0.6 is 7.60 Å². The molecular formula is C15H31O7PSi. The Balaban J connectivity index is 5.42. The molecule has 0 unspecified atom stereocenters. The lowest BCUT2D eigenvalue weighted by Crippen LogP contribution is -2.46. The van der Waals surface area contributed by atoms with Crippen LogP contribution in [-0.4, -0.2) is 48.2 Å². The van der Waals surface area contributed by atoms with Crippen LogP contribution in [0.15, 0.2) is 0 Å². The maximum Gasteiger partial charge on any atom is 0.338 e. The van der Waals surface area contributed by atoms with Gasteiger partial charge in [0.05, 0.1) is 19.6 Å². The second-order valence-corrected chi connectivity index (χ2v) is 15.0. The molecule has 0 aromatic rings. The molecule has 2 N–H and O–H groups in total. The second-order valence-electron chi connectivity index (χ2n) is 8.01. The first-order valence-electron chi connectivity index (χ1n) is 7.79. The highest BCUT2D eigenvalue weighted by Gasteiger charge is 2.46. The Hall–Kier alpha value is -0.533. The number of ether oxygens (including phenoxy) is 1. The number of hydrogen-bond donors (Lipinski definition) is 2. The predicted molar refractivity (Wildman–Crippen MR) is 94.5 cm³/mol. The average molecular weight is 382 g/mol. The number of esters is 1. The Morgan fingerprint density at radius 1 is 1.08 bits per heavy atom. The van der Waals surface area contributed by atoms with E-state index in [9.17, 15) is 23.9 Å². The molecule has 0 aromatic carbocycles. The van der Waals surface area contributed by atoms with Gasteiger partial charge in [0.2, 0.25) is 0 Å². The van der Waals surface area contributed by atoms with E-state index in [1.807, 2.05) is 33.9 Å². The summed E-state index contributed by atoms with van der Waals surface area (Å²) in [5, 5.41) is -1.96. The van der Waals surface area contributed by atoms with E-state index in [1.165, 1.54) is 21.0 Å². The Labute approximate surface area is 145 Å². The van der Waals surface area contributed by atoms with Crippen molar-refractivity contribution in [2.24, 2.45) is 0 Å². The largest absolute Gasteiger partial charge is 0.469 e. The minimum Gasteiger partial charge on any atom is -0.469 e. The highest BCUT2D eigenvalue weighted by Crippen LogP contribution is 2.51. The van der Waals surface area contributed by atoms with Gasteiger partial charge in [0.1, 0.15) is 5.16 Å². The molecule has 0 bridgehead atoms. The summed E-state index contributed by atoms with van der Waals surface area (Å²) in [6, 6.07) is 0. The van der Waals surface area contributed by atoms with Gasteiger partial charge in [-0.25, -0.2) is 0 Å². The minimum absolute atomic E-state index is 0.133. The van der Waals surface area contributed by atoms with Crippen LogP contribution in [0.25, 0.3) is 0 Å². The van der Waals surface area contributed by atoms with Gasteiger partial charge in [0, 0.05) is 6.42 Å². The van der Waals surface area contributed by atoms with E-state index in [1.54, 1.807) is 0 Å². The zero-order valence-electron chi connectivity index (χ0n) is 15.9. The van der Waals surface area contributed by atoms with Crippen LogP contribution in [0.4, 0.5) is 0 Å². The second kappa shape index (κ2) is 7.79. The Morgan fingerprint density at radius 2 is 1.54 bits per heavy atom. The monoisotopic (exact) mass is 382 g/mol. The molecule has 0 rings (SSSR count). The van der Waals surface area contributed by atoms with Crippen LogP contribution in [0.5, 0.6) is 0 Å². The maximum atomic E-state index is 12.4. The van der Waals surface area contributed by atoms with Gasteiger partial charge in [-0.2, -0.15) is 0 Å². The van der Waals surface area contributed by atoms with Crippen molar-refractivity contribution in [1.29, 1.82) is 0 Å². The van der Waals surface area contributed by atoms with Gasteiger partial charge < -0.3 is 18.9 Å². The summed E-state index contributed by atoms with van der Waals surface area (Å²) in [5.74, 6) is -1.16. The SMILES string of the molecule is COC(=O)C[C@@H](CC(=O)C(C)(C)P(=O)(O)O)O[Si](C)(C)C(C)(C)C. The molecule has 0 fully saturated rings. The van der Waals surface area contributed by atoms with Crippen molar-refractivity contribution in [2.45, 2.75) is 76.9 Å². The van der Waals surface area contributed by atoms with Crippen LogP contribution in [0, 0.1) is 0 Å². The van der Waals surface area contributed by atoms with Crippen LogP contribution in [-0.2, 0) is 23.3 Å². The zero-order chi connectivity index (χ0) is 19.6. The molecule has 0 radical (unpaired) electrons. The van der Waals surface area contributed by atoms with Gasteiger partial charge in [-0.1, -0.05) is 20.8 Å². The highest BCUT2D eigenvalue weighted by molar-refractivity contribution is 7.54. The van der Waals surface area contributed by atoms with Gasteiger partial charge in [-0.3, -0.25) is 14.2 Å². The summed E-state index contributed by atoms with van der Waals surface area (Å²) in [5.41, 5.74) is 0. The molecular weight excluding hydrogens is 351 g/mol. The Bertz CT molecular complexity index is 516. The summed E-state index contributed by atoms with van der Waals surface area (Å²) < 4.78 is 22.3. The van der Waals surface area contributed by atoms with Crippen molar-refractivity contribution in [3.05, 3.63) is 0 Å². The number of carbonyl (C=O) groups is 2. The van der Waals surface area contributed by atoms with Crippen molar-refractivity contribution in [3.8, 4) is 0 Å². The van der Waals surface area contributed by atoms with Crippen LogP contribution in [0.1, 0.15) is 47.5 Å². The first-order valence-corrected chi connectivity index (χ1v) is 12.3. The number of Topliss-reactive ketones (excluding diaryl/α,β-unsaturated/α-hetero) is 1. The van der Waals surface area contributed by atoms with Crippen molar-refractivity contribution in [2.75, 3.05) is 7.11 Å². The normalized spacial score (nSPS) is 15.1. The number of hydrogen-bond acceptors (Lipinski definition) is 5. The van der Waals surface area contributed by atoms with E-state index >= 15 is 0 Å². The molecule has 142 valence electrons. The van der Waals surface area contributed by atoms with Crippen LogP contribution < -0.4 is 0 Å². The van der Waals surface area contributed by atoms with E-state index < -0.39 is 38.9 Å². The lowest BCUT2D eigenvalue weighted by molar-refractivity contribution is -0.142. The third-order valence-electron chi connectivity index (χ3n) is 4.71. The van der Waals surface area contributed by atoms with Gasteiger partial charge in [0.15, 0.2) is 14.1 Å². The number of rotatable bonds is 8. The fourth-order valence-electron chi connectivity index (χ4n) is 1.64. The Morgan fingerprint density at radius 3 is 1.88 bits per heavy atom. The minimum atomic E-state index is -4.62. The van der Waals surface area contributed by atoms with Crippen LogP contribution in [0.3, 0.4) is 0 Å². The molecule has 7 nitrogen and oxygen atoms in total. The lowest BCUT2D eigenvalue weighted by atomic mass is 10.0. The summed E-state index contributed by atoms with van der Waals surface area (Å²) >= 11 is 0. The number of ketones is 1. The third kappa shape index (κ3) is 6.08. The lowest BCUT2D eigenvalue weighted by Gasteiger charge is -2.39. The van der Waals surface area contributed by atoms with E-state index in [4.69, 9.17) is 4.43 Å². The summed E-state index contributed by atoms with van der Waals surface area (Å²) in [6.07, 6.45) is -1.15. The molecule has 0 aromatic heterocycles. The van der Waals surface area contributed by atoms with Crippen molar-refractivity contribution < 1.29 is 33.1 Å². The first-order chi connectivity index (χ1) is 10.5. The van der Waals surface area contributed by atoms with E-state index in [-0.39, 0.29) is 17.9 Å². The molecule has 9 heteroatoms. The summed E-state index contributed by atoms with van der Waals surface area (Å²) in [6.45, 7) is 12.4. The molecule has 0 aliphatic heterocycles. The van der Waals surface area contributed by atoms with Gasteiger partial charge >= 0.3 is 13.6 Å².